The molecule has 0 radical (unpaired) electrons. The van der Waals surface area contributed by atoms with Crippen LogP contribution in [0.5, 0.6) is 0 Å². The maximum absolute atomic E-state index is 12.4. The van der Waals surface area contributed by atoms with E-state index in [2.05, 4.69) is 16.7 Å². The third-order valence-corrected chi connectivity index (χ3v) is 6.24. The summed E-state index contributed by atoms with van der Waals surface area (Å²) in [7, 11) is 0. The van der Waals surface area contributed by atoms with Gasteiger partial charge >= 0.3 is 0 Å². The number of β-amino-alcohol motifs (C(OH)–C–C–N with tert-alkyl or cyclic N) is 1. The molecule has 134 valence electrons. The van der Waals surface area contributed by atoms with Gasteiger partial charge in [0.15, 0.2) is 0 Å². The van der Waals surface area contributed by atoms with Crippen LogP contribution in [0.3, 0.4) is 0 Å². The van der Waals surface area contributed by atoms with E-state index in [-0.39, 0.29) is 5.91 Å². The number of rotatable bonds is 5. The summed E-state index contributed by atoms with van der Waals surface area (Å²) in [5.74, 6) is 1.04. The summed E-state index contributed by atoms with van der Waals surface area (Å²) in [6.07, 6.45) is 1.88. The molecule has 1 amide bonds. The number of likely N-dealkylation sites (tertiary alicyclic amines) is 1. The van der Waals surface area contributed by atoms with E-state index in [0.717, 1.165) is 62.9 Å². The van der Waals surface area contributed by atoms with E-state index >= 15 is 0 Å². The van der Waals surface area contributed by atoms with Gasteiger partial charge in [-0.05, 0) is 30.2 Å². The molecule has 1 N–H and O–H groups in total. The molecule has 0 aromatic carbocycles. The molecule has 6 heteroatoms. The number of carbonyl (C=O) groups excluding carboxylic acids is 1. The van der Waals surface area contributed by atoms with E-state index in [0.29, 0.717) is 13.1 Å². The SMILES string of the molecule is CC1CCN(C(=O)CN2CCN(C[C@H](O)c3cccs3)CC2)CC1. The normalized spacial score (nSPS) is 22.7. The second kappa shape index (κ2) is 8.43. The lowest BCUT2D eigenvalue weighted by Gasteiger charge is -2.37. The van der Waals surface area contributed by atoms with Crippen molar-refractivity contribution in [2.75, 3.05) is 52.4 Å². The van der Waals surface area contributed by atoms with Gasteiger partial charge in [-0.3, -0.25) is 14.6 Å². The Morgan fingerprint density at radius 2 is 1.88 bits per heavy atom. The summed E-state index contributed by atoms with van der Waals surface area (Å²) < 4.78 is 0. The number of aliphatic hydroxyl groups is 1. The molecule has 5 nitrogen and oxygen atoms in total. The fraction of sp³-hybridized carbons (Fsp3) is 0.722. The molecule has 0 saturated carbocycles. The number of carbonyl (C=O) groups is 1. The summed E-state index contributed by atoms with van der Waals surface area (Å²) in [4.78, 5) is 20.0. The summed E-state index contributed by atoms with van der Waals surface area (Å²) in [5.41, 5.74) is 0. The predicted octanol–water partition coefficient (Wildman–Crippen LogP) is 1.66. The third kappa shape index (κ3) is 4.79. The third-order valence-electron chi connectivity index (χ3n) is 5.26. The fourth-order valence-electron chi connectivity index (χ4n) is 3.49. The molecular weight excluding hydrogens is 322 g/mol. The van der Waals surface area contributed by atoms with Crippen molar-refractivity contribution in [2.45, 2.75) is 25.9 Å². The largest absolute Gasteiger partial charge is 0.386 e. The molecule has 2 saturated heterocycles. The molecule has 2 aliphatic rings. The summed E-state index contributed by atoms with van der Waals surface area (Å²) in [6, 6.07) is 3.97. The fourth-order valence-corrected chi connectivity index (χ4v) is 4.20. The van der Waals surface area contributed by atoms with Crippen molar-refractivity contribution in [3.8, 4) is 0 Å². The van der Waals surface area contributed by atoms with Crippen molar-refractivity contribution in [3.63, 3.8) is 0 Å². The minimum atomic E-state index is -0.395. The van der Waals surface area contributed by atoms with E-state index < -0.39 is 6.10 Å². The summed E-state index contributed by atoms with van der Waals surface area (Å²) >= 11 is 1.61. The Morgan fingerprint density at radius 1 is 1.21 bits per heavy atom. The molecule has 2 fully saturated rings. The van der Waals surface area contributed by atoms with Gasteiger partial charge in [0.2, 0.25) is 5.91 Å². The molecule has 0 aliphatic carbocycles. The van der Waals surface area contributed by atoms with Gasteiger partial charge in [-0.25, -0.2) is 0 Å². The zero-order valence-electron chi connectivity index (χ0n) is 14.6. The summed E-state index contributed by atoms with van der Waals surface area (Å²) in [5, 5.41) is 12.3. The predicted molar refractivity (Wildman–Crippen MR) is 97.1 cm³/mol. The number of piperidine rings is 1. The van der Waals surface area contributed by atoms with E-state index in [4.69, 9.17) is 0 Å². The van der Waals surface area contributed by atoms with Crippen molar-refractivity contribution in [1.29, 1.82) is 0 Å². The van der Waals surface area contributed by atoms with Crippen molar-refractivity contribution in [3.05, 3.63) is 22.4 Å². The number of amides is 1. The van der Waals surface area contributed by atoms with Gasteiger partial charge in [-0.2, -0.15) is 0 Å². The first-order chi connectivity index (χ1) is 11.6. The topological polar surface area (TPSA) is 47.0 Å². The zero-order chi connectivity index (χ0) is 16.9. The number of piperazine rings is 1. The van der Waals surface area contributed by atoms with Crippen molar-refractivity contribution >= 4 is 17.2 Å². The van der Waals surface area contributed by atoms with Crippen LogP contribution in [0.4, 0.5) is 0 Å². The molecule has 0 bridgehead atoms. The van der Waals surface area contributed by atoms with E-state index in [1.807, 2.05) is 22.4 Å². The second-order valence-electron chi connectivity index (χ2n) is 7.17. The van der Waals surface area contributed by atoms with Crippen LogP contribution in [0.25, 0.3) is 0 Å². The highest BCUT2D eigenvalue weighted by Gasteiger charge is 2.25. The van der Waals surface area contributed by atoms with Crippen LogP contribution in [0.15, 0.2) is 17.5 Å². The lowest BCUT2D eigenvalue weighted by atomic mass is 9.99. The highest BCUT2D eigenvalue weighted by molar-refractivity contribution is 7.10. The standard InChI is InChI=1S/C18H29N3O2S/c1-15-4-6-21(7-5-15)18(23)14-20-10-8-19(9-11-20)13-16(22)17-3-2-12-24-17/h2-3,12,15-16,22H,4-11,13-14H2,1H3/t16-/m0/s1. The quantitative estimate of drug-likeness (QED) is 0.876. The zero-order valence-corrected chi connectivity index (χ0v) is 15.4. The Balaban J connectivity index is 1.38. The Kier molecular flexibility index (Phi) is 6.27. The molecule has 3 heterocycles. The first-order valence-electron chi connectivity index (χ1n) is 9.06. The molecule has 1 aromatic rings. The minimum absolute atomic E-state index is 0.286. The second-order valence-corrected chi connectivity index (χ2v) is 8.15. The van der Waals surface area contributed by atoms with Crippen molar-refractivity contribution in [1.82, 2.24) is 14.7 Å². The van der Waals surface area contributed by atoms with Crippen LogP contribution >= 0.6 is 11.3 Å². The molecule has 1 atom stereocenters. The average molecular weight is 352 g/mol. The van der Waals surface area contributed by atoms with Gasteiger partial charge in [0, 0.05) is 50.7 Å². The molecule has 24 heavy (non-hydrogen) atoms. The van der Waals surface area contributed by atoms with Gasteiger partial charge in [-0.1, -0.05) is 13.0 Å². The first-order valence-corrected chi connectivity index (χ1v) is 9.93. The highest BCUT2D eigenvalue weighted by atomic mass is 32.1. The Hall–Kier alpha value is -0.950. The van der Waals surface area contributed by atoms with Crippen LogP contribution in [-0.2, 0) is 4.79 Å². The number of aliphatic hydroxyl groups excluding tert-OH is 1. The molecule has 1 aromatic heterocycles. The average Bonchev–Trinajstić information content (AvgIpc) is 3.12. The Bertz CT molecular complexity index is 506. The van der Waals surface area contributed by atoms with E-state index in [1.54, 1.807) is 11.3 Å². The van der Waals surface area contributed by atoms with Crippen molar-refractivity contribution in [2.24, 2.45) is 5.92 Å². The molecule has 0 spiro atoms. The van der Waals surface area contributed by atoms with Gasteiger partial charge < -0.3 is 10.0 Å². The number of thiophene rings is 1. The maximum Gasteiger partial charge on any atom is 0.236 e. The number of nitrogens with zero attached hydrogens (tertiary/aromatic N) is 3. The van der Waals surface area contributed by atoms with Gasteiger partial charge in [0.1, 0.15) is 6.10 Å². The number of hydrogen-bond donors (Lipinski definition) is 1. The molecular formula is C18H29N3O2S. The maximum atomic E-state index is 12.4. The lowest BCUT2D eigenvalue weighted by molar-refractivity contribution is -0.134. The van der Waals surface area contributed by atoms with Crippen LogP contribution in [-0.4, -0.2) is 78.1 Å². The first kappa shape index (κ1) is 17.9. The molecule has 0 unspecified atom stereocenters. The van der Waals surface area contributed by atoms with Crippen LogP contribution in [0.1, 0.15) is 30.7 Å². The monoisotopic (exact) mass is 351 g/mol. The smallest absolute Gasteiger partial charge is 0.236 e. The van der Waals surface area contributed by atoms with Crippen LogP contribution < -0.4 is 0 Å². The highest BCUT2D eigenvalue weighted by Crippen LogP contribution is 2.20. The molecule has 2 aliphatic heterocycles. The Labute approximate surface area is 148 Å². The summed E-state index contributed by atoms with van der Waals surface area (Å²) in [6.45, 7) is 9.02. The molecule has 3 rings (SSSR count). The van der Waals surface area contributed by atoms with Gasteiger partial charge in [0.25, 0.3) is 0 Å². The Morgan fingerprint density at radius 3 is 2.50 bits per heavy atom. The van der Waals surface area contributed by atoms with E-state index in [9.17, 15) is 9.90 Å². The van der Waals surface area contributed by atoms with E-state index in [1.165, 1.54) is 0 Å². The van der Waals surface area contributed by atoms with Gasteiger partial charge in [-0.15, -0.1) is 11.3 Å². The van der Waals surface area contributed by atoms with Gasteiger partial charge in [0.05, 0.1) is 6.54 Å². The number of hydrogen-bond acceptors (Lipinski definition) is 5. The minimum Gasteiger partial charge on any atom is -0.386 e. The van der Waals surface area contributed by atoms with Crippen LogP contribution in [0.2, 0.25) is 0 Å². The van der Waals surface area contributed by atoms with Crippen molar-refractivity contribution < 1.29 is 9.90 Å². The van der Waals surface area contributed by atoms with Crippen LogP contribution in [0, 0.1) is 5.92 Å². The lowest BCUT2D eigenvalue weighted by Crippen LogP contribution is -2.51.